The highest BCUT2D eigenvalue weighted by Crippen LogP contribution is 2.42. The molecular weight excluding hydrogens is 420 g/mol. The number of carbonyl (C=O) groups is 2. The molecule has 1 amide bonds. The third kappa shape index (κ3) is 4.46. The van der Waals surface area contributed by atoms with Gasteiger partial charge in [0.2, 0.25) is 0 Å². The molecule has 2 aromatic rings. The van der Waals surface area contributed by atoms with Gasteiger partial charge in [-0.1, -0.05) is 12.1 Å². The summed E-state index contributed by atoms with van der Waals surface area (Å²) < 4.78 is 10.3. The van der Waals surface area contributed by atoms with Gasteiger partial charge >= 0.3 is 0 Å². The third-order valence-corrected chi connectivity index (χ3v) is 5.04. The van der Waals surface area contributed by atoms with Crippen molar-refractivity contribution in [1.82, 2.24) is 4.90 Å². The fourth-order valence-corrected chi connectivity index (χ4v) is 3.55. The van der Waals surface area contributed by atoms with E-state index in [2.05, 4.69) is 0 Å². The highest BCUT2D eigenvalue weighted by Gasteiger charge is 2.47. The lowest BCUT2D eigenvalue weighted by atomic mass is 9.94. The number of aliphatic hydroxyl groups excluding tert-OH is 2. The van der Waals surface area contributed by atoms with E-state index in [-0.39, 0.29) is 48.8 Å². The van der Waals surface area contributed by atoms with Gasteiger partial charge in [-0.15, -0.1) is 0 Å². The van der Waals surface area contributed by atoms with Gasteiger partial charge < -0.3 is 24.6 Å². The molecule has 10 heteroatoms. The minimum absolute atomic E-state index is 0.00666. The molecule has 3 rings (SSSR count). The minimum atomic E-state index is -1.18. The fourth-order valence-electron chi connectivity index (χ4n) is 3.55. The average molecular weight is 442 g/mol. The number of carbonyl (C=O) groups excluding carboxylic acids is 2. The molecule has 2 N–H and O–H groups in total. The Morgan fingerprint density at radius 1 is 1.12 bits per heavy atom. The van der Waals surface area contributed by atoms with Gasteiger partial charge in [0.25, 0.3) is 17.4 Å². The zero-order valence-corrected chi connectivity index (χ0v) is 17.3. The first-order chi connectivity index (χ1) is 15.4. The maximum absolute atomic E-state index is 12.9. The molecular formula is C22H22N2O8. The molecule has 0 bridgehead atoms. The second kappa shape index (κ2) is 10.0. The van der Waals surface area contributed by atoms with Gasteiger partial charge in [-0.3, -0.25) is 19.7 Å². The molecule has 1 aliphatic rings. The Kier molecular flexibility index (Phi) is 7.18. The molecule has 0 spiro atoms. The Bertz CT molecular complexity index is 1050. The van der Waals surface area contributed by atoms with Crippen LogP contribution in [0.15, 0.2) is 54.1 Å². The summed E-state index contributed by atoms with van der Waals surface area (Å²) in [6.07, 6.45) is 0. The van der Waals surface area contributed by atoms with Crippen LogP contribution in [0.25, 0.3) is 5.76 Å². The number of rotatable bonds is 9. The Morgan fingerprint density at radius 3 is 2.44 bits per heavy atom. The van der Waals surface area contributed by atoms with E-state index in [4.69, 9.17) is 14.6 Å². The summed E-state index contributed by atoms with van der Waals surface area (Å²) in [5.41, 5.74) is -0.198. The van der Waals surface area contributed by atoms with E-state index >= 15 is 0 Å². The number of likely N-dealkylation sites (tertiary alicyclic amines) is 1. The van der Waals surface area contributed by atoms with E-state index in [1.807, 2.05) is 0 Å². The van der Waals surface area contributed by atoms with E-state index in [0.29, 0.717) is 5.75 Å². The van der Waals surface area contributed by atoms with Crippen LogP contribution in [0.3, 0.4) is 0 Å². The lowest BCUT2D eigenvalue weighted by molar-refractivity contribution is -0.385. The van der Waals surface area contributed by atoms with Crippen LogP contribution < -0.4 is 4.74 Å². The van der Waals surface area contributed by atoms with Gasteiger partial charge in [0, 0.05) is 18.2 Å². The summed E-state index contributed by atoms with van der Waals surface area (Å²) in [5.74, 6) is -1.79. The average Bonchev–Trinajstić information content (AvgIpc) is 3.06. The summed E-state index contributed by atoms with van der Waals surface area (Å²) in [7, 11) is 1.48. The van der Waals surface area contributed by atoms with E-state index in [1.165, 1.54) is 37.4 Å². The van der Waals surface area contributed by atoms with Crippen LogP contribution in [0.1, 0.15) is 17.2 Å². The number of aliphatic hydroxyl groups is 2. The molecule has 0 saturated carbocycles. The van der Waals surface area contributed by atoms with Crippen molar-refractivity contribution in [1.29, 1.82) is 0 Å². The maximum Gasteiger partial charge on any atom is 0.295 e. The molecule has 0 radical (unpaired) electrons. The number of nitro benzene ring substituents is 1. The molecule has 1 fully saturated rings. The van der Waals surface area contributed by atoms with Crippen LogP contribution in [0.2, 0.25) is 0 Å². The molecule has 0 aromatic heterocycles. The van der Waals surface area contributed by atoms with Crippen molar-refractivity contribution < 1.29 is 34.2 Å². The minimum Gasteiger partial charge on any atom is -0.507 e. The number of hydrogen-bond donors (Lipinski definition) is 2. The van der Waals surface area contributed by atoms with Crippen LogP contribution >= 0.6 is 0 Å². The molecule has 2 aromatic carbocycles. The van der Waals surface area contributed by atoms with Crippen molar-refractivity contribution in [2.24, 2.45) is 0 Å². The van der Waals surface area contributed by atoms with Crippen molar-refractivity contribution in [3.63, 3.8) is 0 Å². The number of amides is 1. The predicted molar refractivity (Wildman–Crippen MR) is 113 cm³/mol. The highest BCUT2D eigenvalue weighted by molar-refractivity contribution is 6.46. The summed E-state index contributed by atoms with van der Waals surface area (Å²) in [4.78, 5) is 37.9. The fraction of sp³-hybridized carbons (Fsp3) is 0.273. The zero-order chi connectivity index (χ0) is 23.3. The van der Waals surface area contributed by atoms with E-state index in [9.17, 15) is 24.8 Å². The number of hydrogen-bond acceptors (Lipinski definition) is 8. The Labute approximate surface area is 183 Å². The molecule has 32 heavy (non-hydrogen) atoms. The molecule has 1 atom stereocenters. The Hall–Kier alpha value is -3.76. The first-order valence-corrected chi connectivity index (χ1v) is 9.75. The van der Waals surface area contributed by atoms with Gasteiger partial charge in [0.1, 0.15) is 11.5 Å². The number of nitrogens with zero attached hydrogens (tertiary/aromatic N) is 2. The first kappa shape index (κ1) is 22.9. The normalized spacial score (nSPS) is 17.6. The lowest BCUT2D eigenvalue weighted by Gasteiger charge is -2.25. The predicted octanol–water partition coefficient (Wildman–Crippen LogP) is 2.03. The van der Waals surface area contributed by atoms with Crippen LogP contribution in [-0.4, -0.2) is 65.2 Å². The Morgan fingerprint density at radius 2 is 1.81 bits per heavy atom. The summed E-state index contributed by atoms with van der Waals surface area (Å²) in [6, 6.07) is 10.7. The summed E-state index contributed by atoms with van der Waals surface area (Å²) in [5, 5.41) is 31.5. The van der Waals surface area contributed by atoms with Crippen molar-refractivity contribution in [2.75, 3.05) is 33.5 Å². The maximum atomic E-state index is 12.9. The molecule has 1 saturated heterocycles. The van der Waals surface area contributed by atoms with Crippen LogP contribution in [0, 0.1) is 10.1 Å². The smallest absolute Gasteiger partial charge is 0.295 e. The largest absolute Gasteiger partial charge is 0.507 e. The molecule has 0 aliphatic carbocycles. The van der Waals surface area contributed by atoms with Crippen molar-refractivity contribution in [3.05, 3.63) is 75.3 Å². The van der Waals surface area contributed by atoms with E-state index < -0.39 is 28.4 Å². The van der Waals surface area contributed by atoms with Crippen molar-refractivity contribution in [3.8, 4) is 5.75 Å². The standard InChI is InChI=1S/C22H22N2O8/c1-31-15-8-6-14(7-9-15)20(26)18-19(16-4-2-3-5-17(16)24(29)30)23(22(28)21(18)27)10-12-32-13-11-25/h2-9,19,25-26H,10-13H2,1H3/b20-18+. The van der Waals surface area contributed by atoms with E-state index in [1.54, 1.807) is 18.2 Å². The van der Waals surface area contributed by atoms with Gasteiger partial charge in [0.15, 0.2) is 0 Å². The van der Waals surface area contributed by atoms with E-state index in [0.717, 1.165) is 4.90 Å². The molecule has 1 heterocycles. The number of nitro groups is 1. The van der Waals surface area contributed by atoms with Gasteiger partial charge in [-0.2, -0.15) is 0 Å². The molecule has 10 nitrogen and oxygen atoms in total. The number of ether oxygens (including phenoxy) is 2. The van der Waals surface area contributed by atoms with Gasteiger partial charge in [-0.25, -0.2) is 0 Å². The van der Waals surface area contributed by atoms with Gasteiger partial charge in [0.05, 0.1) is 49.0 Å². The monoisotopic (exact) mass is 442 g/mol. The lowest BCUT2D eigenvalue weighted by Crippen LogP contribution is -2.33. The number of Topliss-reactive ketones (excluding diaryl/α,β-unsaturated/α-hetero) is 1. The topological polar surface area (TPSA) is 139 Å². The first-order valence-electron chi connectivity index (χ1n) is 9.75. The molecule has 168 valence electrons. The zero-order valence-electron chi connectivity index (χ0n) is 17.3. The second-order valence-corrected chi connectivity index (χ2v) is 6.87. The highest BCUT2D eigenvalue weighted by atomic mass is 16.6. The second-order valence-electron chi connectivity index (χ2n) is 6.87. The third-order valence-electron chi connectivity index (χ3n) is 5.04. The van der Waals surface area contributed by atoms with Crippen LogP contribution in [0.5, 0.6) is 5.75 Å². The quantitative estimate of drug-likeness (QED) is 0.150. The van der Waals surface area contributed by atoms with Crippen molar-refractivity contribution >= 4 is 23.1 Å². The number of benzene rings is 2. The number of methoxy groups -OCH3 is 1. The Balaban J connectivity index is 2.14. The molecule has 1 unspecified atom stereocenters. The van der Waals surface area contributed by atoms with Crippen LogP contribution in [-0.2, 0) is 14.3 Å². The molecule has 1 aliphatic heterocycles. The van der Waals surface area contributed by atoms with Gasteiger partial charge in [-0.05, 0) is 30.3 Å². The van der Waals surface area contributed by atoms with Crippen LogP contribution in [0.4, 0.5) is 5.69 Å². The number of para-hydroxylation sites is 1. The summed E-state index contributed by atoms with van der Waals surface area (Å²) in [6.45, 7) is -0.260. The number of ketones is 1. The van der Waals surface area contributed by atoms with Crippen molar-refractivity contribution in [2.45, 2.75) is 6.04 Å². The SMILES string of the molecule is COc1ccc(/C(O)=C2\C(=O)C(=O)N(CCOCCO)C2c2ccccc2[N+](=O)[O-])cc1. The summed E-state index contributed by atoms with van der Waals surface area (Å²) >= 11 is 0.